The summed E-state index contributed by atoms with van der Waals surface area (Å²) in [6, 6.07) is 13.0. The highest BCUT2D eigenvalue weighted by molar-refractivity contribution is 6.06. The molecule has 0 bridgehead atoms. The standard InChI is InChI=1S/C22H24N2O4/c1-15-9-11-18(27-4)16(13-15)10-12-21(25)24-14-20(22(26)23(2)3)28-19-8-6-5-7-17(19)24/h5-13,20H,14H2,1-4H3/b12-10+. The molecule has 0 spiro atoms. The molecule has 0 saturated heterocycles. The van der Waals surface area contributed by atoms with Gasteiger partial charge in [-0.1, -0.05) is 23.8 Å². The van der Waals surface area contributed by atoms with Crippen molar-refractivity contribution < 1.29 is 19.1 Å². The predicted molar refractivity (Wildman–Crippen MR) is 109 cm³/mol. The van der Waals surface area contributed by atoms with Gasteiger partial charge in [0, 0.05) is 25.7 Å². The van der Waals surface area contributed by atoms with Gasteiger partial charge in [0.1, 0.15) is 11.5 Å². The fourth-order valence-corrected chi connectivity index (χ4v) is 3.09. The van der Waals surface area contributed by atoms with E-state index >= 15 is 0 Å². The average molecular weight is 380 g/mol. The van der Waals surface area contributed by atoms with E-state index in [0.29, 0.717) is 17.2 Å². The number of hydrogen-bond acceptors (Lipinski definition) is 4. The first kappa shape index (κ1) is 19.5. The van der Waals surface area contributed by atoms with Crippen molar-refractivity contribution in [1.29, 1.82) is 0 Å². The zero-order chi connectivity index (χ0) is 20.3. The lowest BCUT2D eigenvalue weighted by Crippen LogP contribution is -2.50. The molecule has 1 atom stereocenters. The molecule has 0 aromatic heterocycles. The number of para-hydroxylation sites is 2. The van der Waals surface area contributed by atoms with Crippen molar-refractivity contribution in [3.05, 3.63) is 59.7 Å². The maximum Gasteiger partial charge on any atom is 0.265 e. The minimum atomic E-state index is -0.740. The van der Waals surface area contributed by atoms with Crippen LogP contribution in [0, 0.1) is 6.92 Å². The summed E-state index contributed by atoms with van der Waals surface area (Å²) >= 11 is 0. The maximum absolute atomic E-state index is 13.0. The largest absolute Gasteiger partial charge is 0.496 e. The Hall–Kier alpha value is -3.28. The number of hydrogen-bond donors (Lipinski definition) is 0. The molecule has 0 aliphatic carbocycles. The second-order valence-corrected chi connectivity index (χ2v) is 6.83. The van der Waals surface area contributed by atoms with Gasteiger partial charge < -0.3 is 19.3 Å². The normalized spacial score (nSPS) is 15.7. The third-order valence-corrected chi connectivity index (χ3v) is 4.55. The van der Waals surface area contributed by atoms with E-state index in [1.165, 1.54) is 11.0 Å². The number of benzene rings is 2. The molecule has 28 heavy (non-hydrogen) atoms. The summed E-state index contributed by atoms with van der Waals surface area (Å²) in [6.45, 7) is 2.14. The van der Waals surface area contributed by atoms with Crippen molar-refractivity contribution in [3.63, 3.8) is 0 Å². The van der Waals surface area contributed by atoms with E-state index in [1.54, 1.807) is 38.2 Å². The lowest BCUT2D eigenvalue weighted by Gasteiger charge is -2.34. The summed E-state index contributed by atoms with van der Waals surface area (Å²) in [6.07, 6.45) is 2.49. The van der Waals surface area contributed by atoms with Crippen LogP contribution in [0.15, 0.2) is 48.5 Å². The average Bonchev–Trinajstić information content (AvgIpc) is 2.70. The predicted octanol–water partition coefficient (Wildman–Crippen LogP) is 2.90. The summed E-state index contributed by atoms with van der Waals surface area (Å²) in [5, 5.41) is 0. The zero-order valence-corrected chi connectivity index (χ0v) is 16.5. The molecule has 1 aliphatic heterocycles. The Morgan fingerprint density at radius 1 is 1.21 bits per heavy atom. The Bertz CT molecular complexity index is 921. The SMILES string of the molecule is COc1ccc(C)cc1/C=C/C(=O)N1CC(C(=O)N(C)C)Oc2ccccc21. The number of nitrogens with zero attached hydrogens (tertiary/aromatic N) is 2. The van der Waals surface area contributed by atoms with Gasteiger partial charge in [0.05, 0.1) is 19.3 Å². The number of anilines is 1. The molecule has 6 nitrogen and oxygen atoms in total. The third kappa shape index (κ3) is 4.01. The van der Waals surface area contributed by atoms with E-state index in [0.717, 1.165) is 11.1 Å². The number of rotatable bonds is 4. The first-order chi connectivity index (χ1) is 13.4. The van der Waals surface area contributed by atoms with Crippen molar-refractivity contribution in [3.8, 4) is 11.5 Å². The Labute approximate surface area is 165 Å². The molecule has 1 unspecified atom stereocenters. The number of amides is 2. The van der Waals surface area contributed by atoms with Crippen LogP contribution in [-0.4, -0.2) is 50.6 Å². The van der Waals surface area contributed by atoms with E-state index in [1.807, 2.05) is 43.3 Å². The monoisotopic (exact) mass is 380 g/mol. The molecule has 0 fully saturated rings. The van der Waals surface area contributed by atoms with E-state index < -0.39 is 6.10 Å². The van der Waals surface area contributed by atoms with Gasteiger partial charge in [-0.25, -0.2) is 0 Å². The van der Waals surface area contributed by atoms with Crippen molar-refractivity contribution in [2.45, 2.75) is 13.0 Å². The molecular weight excluding hydrogens is 356 g/mol. The number of methoxy groups -OCH3 is 1. The van der Waals surface area contributed by atoms with Gasteiger partial charge >= 0.3 is 0 Å². The van der Waals surface area contributed by atoms with Crippen LogP contribution < -0.4 is 14.4 Å². The van der Waals surface area contributed by atoms with Crippen LogP contribution in [0.3, 0.4) is 0 Å². The van der Waals surface area contributed by atoms with E-state index in [-0.39, 0.29) is 18.4 Å². The highest BCUT2D eigenvalue weighted by Crippen LogP contribution is 2.33. The lowest BCUT2D eigenvalue weighted by molar-refractivity contribution is -0.136. The molecule has 0 saturated carbocycles. The van der Waals surface area contributed by atoms with Gasteiger partial charge in [-0.05, 0) is 37.3 Å². The van der Waals surface area contributed by atoms with Crippen LogP contribution in [0.2, 0.25) is 0 Å². The first-order valence-corrected chi connectivity index (χ1v) is 9.01. The van der Waals surface area contributed by atoms with Crippen molar-refractivity contribution in [2.75, 3.05) is 32.6 Å². The fraction of sp³-hybridized carbons (Fsp3) is 0.273. The Balaban J connectivity index is 1.89. The minimum Gasteiger partial charge on any atom is -0.496 e. The Morgan fingerprint density at radius 2 is 1.96 bits per heavy atom. The van der Waals surface area contributed by atoms with Crippen LogP contribution >= 0.6 is 0 Å². The maximum atomic E-state index is 13.0. The van der Waals surface area contributed by atoms with Crippen LogP contribution in [0.5, 0.6) is 11.5 Å². The second kappa shape index (κ2) is 8.17. The molecule has 2 amide bonds. The minimum absolute atomic E-state index is 0.155. The highest BCUT2D eigenvalue weighted by atomic mass is 16.5. The quantitative estimate of drug-likeness (QED) is 0.766. The van der Waals surface area contributed by atoms with Gasteiger partial charge in [-0.15, -0.1) is 0 Å². The molecule has 6 heteroatoms. The molecular formula is C22H24N2O4. The van der Waals surface area contributed by atoms with Gasteiger partial charge in [0.2, 0.25) is 0 Å². The van der Waals surface area contributed by atoms with Gasteiger partial charge in [0.25, 0.3) is 11.8 Å². The van der Waals surface area contributed by atoms with Gasteiger partial charge in [-0.3, -0.25) is 9.59 Å². The number of aryl methyl sites for hydroxylation is 1. The first-order valence-electron chi connectivity index (χ1n) is 9.01. The molecule has 2 aromatic carbocycles. The summed E-state index contributed by atoms with van der Waals surface area (Å²) < 4.78 is 11.2. The molecule has 1 aliphatic rings. The fourth-order valence-electron chi connectivity index (χ4n) is 3.09. The lowest BCUT2D eigenvalue weighted by atomic mass is 10.1. The summed E-state index contributed by atoms with van der Waals surface area (Å²) in [5.74, 6) is 0.800. The van der Waals surface area contributed by atoms with Gasteiger partial charge in [-0.2, -0.15) is 0 Å². The van der Waals surface area contributed by atoms with Crippen molar-refractivity contribution in [2.24, 2.45) is 0 Å². The van der Waals surface area contributed by atoms with Crippen LogP contribution in [0.25, 0.3) is 6.08 Å². The number of ether oxygens (including phenoxy) is 2. The topological polar surface area (TPSA) is 59.1 Å². The summed E-state index contributed by atoms with van der Waals surface area (Å²) in [5.41, 5.74) is 2.54. The van der Waals surface area contributed by atoms with E-state index in [9.17, 15) is 9.59 Å². The number of carbonyl (C=O) groups is 2. The molecule has 3 rings (SSSR count). The number of likely N-dealkylation sites (N-methyl/N-ethyl adjacent to an activating group) is 1. The van der Waals surface area contributed by atoms with E-state index in [2.05, 4.69) is 0 Å². The van der Waals surface area contributed by atoms with Crippen LogP contribution in [0.1, 0.15) is 11.1 Å². The van der Waals surface area contributed by atoms with Gasteiger partial charge in [0.15, 0.2) is 6.10 Å². The second-order valence-electron chi connectivity index (χ2n) is 6.83. The number of fused-ring (bicyclic) bond motifs is 1. The summed E-state index contributed by atoms with van der Waals surface area (Å²) in [7, 11) is 4.93. The molecule has 146 valence electrons. The highest BCUT2D eigenvalue weighted by Gasteiger charge is 2.33. The molecule has 0 N–H and O–H groups in total. The summed E-state index contributed by atoms with van der Waals surface area (Å²) in [4.78, 5) is 28.4. The van der Waals surface area contributed by atoms with Crippen molar-refractivity contribution >= 4 is 23.6 Å². The third-order valence-electron chi connectivity index (χ3n) is 4.55. The van der Waals surface area contributed by atoms with Crippen molar-refractivity contribution in [1.82, 2.24) is 4.90 Å². The smallest absolute Gasteiger partial charge is 0.265 e. The Kier molecular flexibility index (Phi) is 5.68. The Morgan fingerprint density at radius 3 is 2.68 bits per heavy atom. The molecule has 0 radical (unpaired) electrons. The zero-order valence-electron chi connectivity index (χ0n) is 16.5. The van der Waals surface area contributed by atoms with E-state index in [4.69, 9.17) is 9.47 Å². The molecule has 1 heterocycles. The number of carbonyl (C=O) groups excluding carboxylic acids is 2. The van der Waals surface area contributed by atoms with Crippen LogP contribution in [0.4, 0.5) is 5.69 Å². The molecule has 2 aromatic rings. The van der Waals surface area contributed by atoms with Crippen LogP contribution in [-0.2, 0) is 9.59 Å².